The van der Waals surface area contributed by atoms with Crippen molar-refractivity contribution in [3.63, 3.8) is 0 Å². The lowest BCUT2D eigenvalue weighted by Crippen LogP contribution is -2.39. The Labute approximate surface area is 151 Å². The summed E-state index contributed by atoms with van der Waals surface area (Å²) in [6, 6.07) is 16.0. The summed E-state index contributed by atoms with van der Waals surface area (Å²) in [4.78, 5) is 12.4. The smallest absolute Gasteiger partial charge is 0.241 e. The molecule has 0 saturated heterocycles. The number of benzene rings is 3. The Balaban J connectivity index is 1.66. The van der Waals surface area contributed by atoms with E-state index in [0.29, 0.717) is 11.3 Å². The number of amides is 1. The topological polar surface area (TPSA) is 41.1 Å². The van der Waals surface area contributed by atoms with Crippen molar-refractivity contribution in [2.24, 2.45) is 0 Å². The van der Waals surface area contributed by atoms with Crippen molar-refractivity contribution >= 4 is 22.4 Å². The lowest BCUT2D eigenvalue weighted by Gasteiger charge is -2.20. The number of rotatable bonds is 5. The van der Waals surface area contributed by atoms with Gasteiger partial charge < -0.3 is 5.32 Å². The van der Waals surface area contributed by atoms with Gasteiger partial charge in [0.15, 0.2) is 0 Å². The van der Waals surface area contributed by atoms with Gasteiger partial charge in [-0.15, -0.1) is 0 Å². The van der Waals surface area contributed by atoms with E-state index in [2.05, 4.69) is 10.6 Å². The lowest BCUT2D eigenvalue weighted by molar-refractivity contribution is -0.117. The van der Waals surface area contributed by atoms with E-state index in [1.165, 1.54) is 12.1 Å². The first-order valence-electron chi connectivity index (χ1n) is 8.44. The second-order valence-electron chi connectivity index (χ2n) is 6.33. The van der Waals surface area contributed by atoms with Gasteiger partial charge in [-0.3, -0.25) is 10.1 Å². The zero-order valence-corrected chi connectivity index (χ0v) is 14.6. The molecule has 0 heterocycles. The molecule has 0 radical (unpaired) electrons. The standard InChI is InChI=1S/C21H20F2N2O/c1-13(19-10-8-17(22)12-20(19)23)24-14(2)21(26)25-18-9-7-15-5-3-4-6-16(15)11-18/h3-14,24H,1-2H3,(H,25,26)/t13-,14+/m1/s1. The molecule has 134 valence electrons. The summed E-state index contributed by atoms with van der Waals surface area (Å²) in [5, 5.41) is 8.03. The van der Waals surface area contributed by atoms with E-state index in [1.807, 2.05) is 42.5 Å². The third-order valence-corrected chi connectivity index (χ3v) is 4.34. The fraction of sp³-hybridized carbons (Fsp3) is 0.190. The molecule has 3 rings (SSSR count). The van der Waals surface area contributed by atoms with Gasteiger partial charge in [-0.25, -0.2) is 8.78 Å². The average Bonchev–Trinajstić information content (AvgIpc) is 2.61. The van der Waals surface area contributed by atoms with Crippen molar-refractivity contribution in [1.82, 2.24) is 5.32 Å². The number of anilines is 1. The normalized spacial score (nSPS) is 13.4. The molecule has 26 heavy (non-hydrogen) atoms. The number of fused-ring (bicyclic) bond motifs is 1. The quantitative estimate of drug-likeness (QED) is 0.691. The highest BCUT2D eigenvalue weighted by atomic mass is 19.1. The maximum absolute atomic E-state index is 13.9. The third kappa shape index (κ3) is 4.06. The summed E-state index contributed by atoms with van der Waals surface area (Å²) in [5.41, 5.74) is 1.01. The number of carbonyl (C=O) groups is 1. The summed E-state index contributed by atoms with van der Waals surface area (Å²) in [6.45, 7) is 3.43. The van der Waals surface area contributed by atoms with E-state index in [1.54, 1.807) is 13.8 Å². The number of carbonyl (C=O) groups excluding carboxylic acids is 1. The van der Waals surface area contributed by atoms with Crippen LogP contribution in [0.15, 0.2) is 60.7 Å². The molecule has 0 aromatic heterocycles. The minimum absolute atomic E-state index is 0.227. The zero-order chi connectivity index (χ0) is 18.7. The molecule has 0 aliphatic rings. The van der Waals surface area contributed by atoms with Gasteiger partial charge in [-0.05, 0) is 42.8 Å². The van der Waals surface area contributed by atoms with Crippen LogP contribution in [0.3, 0.4) is 0 Å². The predicted molar refractivity (Wildman–Crippen MR) is 99.9 cm³/mol. The van der Waals surface area contributed by atoms with Crippen LogP contribution >= 0.6 is 0 Å². The van der Waals surface area contributed by atoms with E-state index in [0.717, 1.165) is 16.8 Å². The molecule has 0 bridgehead atoms. The Bertz CT molecular complexity index is 942. The van der Waals surface area contributed by atoms with Crippen LogP contribution in [-0.4, -0.2) is 11.9 Å². The Morgan fingerprint density at radius 3 is 2.38 bits per heavy atom. The predicted octanol–water partition coefficient (Wildman–Crippen LogP) is 4.80. The van der Waals surface area contributed by atoms with E-state index < -0.39 is 23.7 Å². The average molecular weight is 354 g/mol. The Morgan fingerprint density at radius 1 is 0.923 bits per heavy atom. The molecule has 0 fully saturated rings. The van der Waals surface area contributed by atoms with Crippen LogP contribution in [0, 0.1) is 11.6 Å². The lowest BCUT2D eigenvalue weighted by atomic mass is 10.1. The largest absolute Gasteiger partial charge is 0.325 e. The number of hydrogen-bond acceptors (Lipinski definition) is 2. The SMILES string of the molecule is C[C@H](N[C@H](C)c1ccc(F)cc1F)C(=O)Nc1ccc2ccccc2c1. The summed E-state index contributed by atoms with van der Waals surface area (Å²) < 4.78 is 26.9. The van der Waals surface area contributed by atoms with Gasteiger partial charge >= 0.3 is 0 Å². The molecule has 3 nitrogen and oxygen atoms in total. The van der Waals surface area contributed by atoms with E-state index >= 15 is 0 Å². The maximum Gasteiger partial charge on any atom is 0.241 e. The van der Waals surface area contributed by atoms with Gasteiger partial charge in [0.2, 0.25) is 5.91 Å². The Kier molecular flexibility index (Phi) is 5.28. The van der Waals surface area contributed by atoms with Crippen molar-refractivity contribution in [3.05, 3.63) is 77.9 Å². The third-order valence-electron chi connectivity index (χ3n) is 4.34. The molecule has 0 unspecified atom stereocenters. The van der Waals surface area contributed by atoms with Crippen molar-refractivity contribution in [1.29, 1.82) is 0 Å². The first-order chi connectivity index (χ1) is 12.4. The van der Waals surface area contributed by atoms with Crippen molar-refractivity contribution < 1.29 is 13.6 Å². The summed E-state index contributed by atoms with van der Waals surface area (Å²) in [7, 11) is 0. The molecule has 3 aromatic rings. The highest BCUT2D eigenvalue weighted by molar-refractivity contribution is 5.97. The first kappa shape index (κ1) is 18.0. The minimum atomic E-state index is -0.632. The summed E-state index contributed by atoms with van der Waals surface area (Å²) >= 11 is 0. The molecule has 2 atom stereocenters. The molecule has 0 aliphatic heterocycles. The van der Waals surface area contributed by atoms with Crippen LogP contribution in [0.1, 0.15) is 25.5 Å². The minimum Gasteiger partial charge on any atom is -0.325 e. The Morgan fingerprint density at radius 2 is 1.65 bits per heavy atom. The van der Waals surface area contributed by atoms with Crippen LogP contribution < -0.4 is 10.6 Å². The summed E-state index contributed by atoms with van der Waals surface area (Å²) in [5.74, 6) is -1.48. The van der Waals surface area contributed by atoms with Crippen LogP contribution in [0.5, 0.6) is 0 Å². The van der Waals surface area contributed by atoms with Crippen LogP contribution in [0.2, 0.25) is 0 Å². The van der Waals surface area contributed by atoms with E-state index in [4.69, 9.17) is 0 Å². The van der Waals surface area contributed by atoms with Gasteiger partial charge in [-0.1, -0.05) is 36.4 Å². The van der Waals surface area contributed by atoms with E-state index in [-0.39, 0.29) is 5.91 Å². The molecule has 5 heteroatoms. The van der Waals surface area contributed by atoms with Gasteiger partial charge in [0.1, 0.15) is 11.6 Å². The number of halogens is 2. The van der Waals surface area contributed by atoms with Crippen molar-refractivity contribution in [2.75, 3.05) is 5.32 Å². The fourth-order valence-corrected chi connectivity index (χ4v) is 2.91. The first-order valence-corrected chi connectivity index (χ1v) is 8.44. The van der Waals surface area contributed by atoms with Gasteiger partial charge in [0.05, 0.1) is 6.04 Å². The second kappa shape index (κ2) is 7.62. The highest BCUT2D eigenvalue weighted by Gasteiger charge is 2.18. The fourth-order valence-electron chi connectivity index (χ4n) is 2.91. The van der Waals surface area contributed by atoms with Crippen LogP contribution in [0.25, 0.3) is 10.8 Å². The molecule has 0 spiro atoms. The molecule has 2 N–H and O–H groups in total. The van der Waals surface area contributed by atoms with Crippen molar-refractivity contribution in [3.8, 4) is 0 Å². The van der Waals surface area contributed by atoms with Crippen LogP contribution in [-0.2, 0) is 4.79 Å². The monoisotopic (exact) mass is 354 g/mol. The van der Waals surface area contributed by atoms with E-state index in [9.17, 15) is 13.6 Å². The van der Waals surface area contributed by atoms with Gasteiger partial charge in [0, 0.05) is 23.4 Å². The summed E-state index contributed by atoms with van der Waals surface area (Å²) in [6.07, 6.45) is 0. The van der Waals surface area contributed by atoms with Gasteiger partial charge in [0.25, 0.3) is 0 Å². The molecular formula is C21H20F2N2O. The molecule has 0 saturated carbocycles. The molecule has 3 aromatic carbocycles. The highest BCUT2D eigenvalue weighted by Crippen LogP contribution is 2.20. The molecule has 0 aliphatic carbocycles. The number of hydrogen-bond donors (Lipinski definition) is 2. The van der Waals surface area contributed by atoms with Gasteiger partial charge in [-0.2, -0.15) is 0 Å². The second-order valence-corrected chi connectivity index (χ2v) is 6.33. The zero-order valence-electron chi connectivity index (χ0n) is 14.6. The maximum atomic E-state index is 13.9. The van der Waals surface area contributed by atoms with Crippen molar-refractivity contribution in [2.45, 2.75) is 25.9 Å². The Hall–Kier alpha value is -2.79. The molecular weight excluding hydrogens is 334 g/mol. The number of nitrogens with one attached hydrogen (secondary N) is 2. The van der Waals surface area contributed by atoms with Crippen LogP contribution in [0.4, 0.5) is 14.5 Å². The molecule has 1 amide bonds.